The number of benzene rings is 1. The first-order valence-electron chi connectivity index (χ1n) is 5.97. The van der Waals surface area contributed by atoms with Crippen LogP contribution in [0.1, 0.15) is 29.8 Å². The van der Waals surface area contributed by atoms with Crippen LogP contribution in [0, 0.1) is 6.92 Å². The second-order valence-electron chi connectivity index (χ2n) is 4.13. The van der Waals surface area contributed by atoms with Crippen LogP contribution in [-0.2, 0) is 0 Å². The van der Waals surface area contributed by atoms with E-state index in [2.05, 4.69) is 63.3 Å². The third kappa shape index (κ3) is 2.94. The Bertz CT molecular complexity index is 514. The summed E-state index contributed by atoms with van der Waals surface area (Å²) in [6.45, 7) is 5.05. The van der Waals surface area contributed by atoms with Crippen molar-refractivity contribution in [3.8, 4) is 0 Å². The Kier molecular flexibility index (Phi) is 4.44. The van der Waals surface area contributed by atoms with Gasteiger partial charge < -0.3 is 5.32 Å². The summed E-state index contributed by atoms with van der Waals surface area (Å²) in [5.74, 6) is 0. The van der Waals surface area contributed by atoms with Gasteiger partial charge in [-0.2, -0.15) is 0 Å². The first-order valence-corrected chi connectivity index (χ1v) is 6.77. The van der Waals surface area contributed by atoms with Crippen molar-refractivity contribution in [3.05, 3.63) is 58.1 Å². The van der Waals surface area contributed by atoms with Gasteiger partial charge in [0.2, 0.25) is 0 Å². The van der Waals surface area contributed by atoms with E-state index in [0.29, 0.717) is 0 Å². The lowest BCUT2D eigenvalue weighted by Crippen LogP contribution is -2.23. The molecular weight excluding hydrogens is 290 g/mol. The van der Waals surface area contributed by atoms with Gasteiger partial charge in [-0.25, -0.2) is 0 Å². The molecule has 0 saturated heterocycles. The smallest absolute Gasteiger partial charge is 0.0801 e. The summed E-state index contributed by atoms with van der Waals surface area (Å²) in [6.07, 6.45) is 5.22. The zero-order valence-corrected chi connectivity index (χ0v) is 12.1. The largest absolute Gasteiger partial charge is 0.305 e. The molecule has 0 saturated carbocycles. The molecule has 1 N–H and O–H groups in total. The van der Waals surface area contributed by atoms with Gasteiger partial charge in [0.1, 0.15) is 0 Å². The highest BCUT2D eigenvalue weighted by molar-refractivity contribution is 9.10. The van der Waals surface area contributed by atoms with Crippen LogP contribution in [0.2, 0.25) is 0 Å². The molecule has 0 bridgehead atoms. The number of rotatable bonds is 4. The maximum atomic E-state index is 4.39. The van der Waals surface area contributed by atoms with Crippen molar-refractivity contribution in [2.45, 2.75) is 19.9 Å². The van der Waals surface area contributed by atoms with E-state index in [0.717, 1.165) is 16.7 Å². The Morgan fingerprint density at radius 1 is 1.33 bits per heavy atom. The highest BCUT2D eigenvalue weighted by Crippen LogP contribution is 2.25. The maximum absolute atomic E-state index is 4.39. The van der Waals surface area contributed by atoms with E-state index in [1.807, 2.05) is 0 Å². The van der Waals surface area contributed by atoms with E-state index >= 15 is 0 Å². The van der Waals surface area contributed by atoms with Crippen LogP contribution in [0.15, 0.2) is 41.3 Å². The third-order valence-electron chi connectivity index (χ3n) is 2.82. The quantitative estimate of drug-likeness (QED) is 0.942. The minimum Gasteiger partial charge on any atom is -0.305 e. The van der Waals surface area contributed by atoms with E-state index in [-0.39, 0.29) is 6.04 Å². The predicted molar refractivity (Wildman–Crippen MR) is 76.4 cm³/mol. The molecule has 0 amide bonds. The van der Waals surface area contributed by atoms with Gasteiger partial charge in [0.15, 0.2) is 0 Å². The van der Waals surface area contributed by atoms with Gasteiger partial charge in [-0.3, -0.25) is 9.97 Å². The van der Waals surface area contributed by atoms with Crippen molar-refractivity contribution in [1.29, 1.82) is 0 Å². The molecule has 2 aromatic rings. The molecule has 4 heteroatoms. The Morgan fingerprint density at radius 2 is 2.17 bits per heavy atom. The van der Waals surface area contributed by atoms with Gasteiger partial charge >= 0.3 is 0 Å². The fraction of sp³-hybridized carbons (Fsp3) is 0.286. The molecule has 18 heavy (non-hydrogen) atoms. The Hall–Kier alpha value is -1.26. The van der Waals surface area contributed by atoms with Gasteiger partial charge in [-0.1, -0.05) is 35.0 Å². The van der Waals surface area contributed by atoms with Crippen LogP contribution in [0.5, 0.6) is 0 Å². The molecule has 0 aliphatic rings. The molecule has 94 valence electrons. The highest BCUT2D eigenvalue weighted by Gasteiger charge is 2.15. The maximum Gasteiger partial charge on any atom is 0.0801 e. The van der Waals surface area contributed by atoms with E-state index in [1.165, 1.54) is 11.1 Å². The van der Waals surface area contributed by atoms with E-state index in [1.54, 1.807) is 18.6 Å². The van der Waals surface area contributed by atoms with Crippen molar-refractivity contribution in [2.75, 3.05) is 6.54 Å². The number of nitrogens with zero attached hydrogens (tertiary/aromatic N) is 2. The van der Waals surface area contributed by atoms with Gasteiger partial charge in [0, 0.05) is 16.9 Å². The molecule has 0 aliphatic heterocycles. The molecule has 0 aliphatic carbocycles. The zero-order chi connectivity index (χ0) is 13.0. The minimum atomic E-state index is 0.0839. The first kappa shape index (κ1) is 13.2. The summed E-state index contributed by atoms with van der Waals surface area (Å²) < 4.78 is 1.12. The van der Waals surface area contributed by atoms with Gasteiger partial charge in [-0.15, -0.1) is 0 Å². The number of aromatic nitrogens is 2. The van der Waals surface area contributed by atoms with E-state index in [4.69, 9.17) is 0 Å². The monoisotopic (exact) mass is 305 g/mol. The molecule has 0 fully saturated rings. The lowest BCUT2D eigenvalue weighted by molar-refractivity contribution is 0.612. The topological polar surface area (TPSA) is 37.8 Å². The summed E-state index contributed by atoms with van der Waals surface area (Å²) in [6, 6.07) is 6.46. The fourth-order valence-electron chi connectivity index (χ4n) is 1.85. The van der Waals surface area contributed by atoms with E-state index < -0.39 is 0 Å². The van der Waals surface area contributed by atoms with Crippen LogP contribution in [0.25, 0.3) is 0 Å². The van der Waals surface area contributed by atoms with Crippen molar-refractivity contribution >= 4 is 15.9 Å². The first-order chi connectivity index (χ1) is 8.72. The summed E-state index contributed by atoms with van der Waals surface area (Å²) in [4.78, 5) is 8.52. The van der Waals surface area contributed by atoms with Crippen LogP contribution < -0.4 is 5.32 Å². The van der Waals surface area contributed by atoms with Gasteiger partial charge in [0.05, 0.1) is 17.9 Å². The van der Waals surface area contributed by atoms with Crippen LogP contribution in [0.4, 0.5) is 0 Å². The van der Waals surface area contributed by atoms with E-state index in [9.17, 15) is 0 Å². The van der Waals surface area contributed by atoms with Crippen molar-refractivity contribution < 1.29 is 0 Å². The number of nitrogens with one attached hydrogen (secondary N) is 1. The third-order valence-corrected chi connectivity index (χ3v) is 3.67. The molecule has 1 atom stereocenters. The molecular formula is C14H16BrN3. The lowest BCUT2D eigenvalue weighted by atomic mass is 10.0. The van der Waals surface area contributed by atoms with Gasteiger partial charge in [-0.05, 0) is 30.7 Å². The Morgan fingerprint density at radius 3 is 2.78 bits per heavy atom. The second kappa shape index (κ2) is 6.07. The number of hydrogen-bond donors (Lipinski definition) is 1. The average molecular weight is 306 g/mol. The molecule has 2 rings (SSSR count). The SMILES string of the molecule is CCNC(c1ccc(C)c(Br)c1)c1cnccn1. The molecule has 3 nitrogen and oxygen atoms in total. The standard InChI is InChI=1S/C14H16BrN3/c1-3-17-14(13-9-16-6-7-18-13)11-5-4-10(2)12(15)8-11/h4-9,14,17H,3H2,1-2H3. The number of halogens is 1. The molecule has 0 radical (unpaired) electrons. The Labute approximate surface area is 116 Å². The predicted octanol–water partition coefficient (Wildman–Crippen LogP) is 3.25. The molecule has 0 spiro atoms. The average Bonchev–Trinajstić information content (AvgIpc) is 2.40. The summed E-state index contributed by atoms with van der Waals surface area (Å²) in [5.41, 5.74) is 3.36. The summed E-state index contributed by atoms with van der Waals surface area (Å²) in [5, 5.41) is 3.44. The molecule has 1 heterocycles. The minimum absolute atomic E-state index is 0.0839. The molecule has 1 unspecified atom stereocenters. The summed E-state index contributed by atoms with van der Waals surface area (Å²) in [7, 11) is 0. The zero-order valence-electron chi connectivity index (χ0n) is 10.5. The van der Waals surface area contributed by atoms with Crippen molar-refractivity contribution in [1.82, 2.24) is 15.3 Å². The Balaban J connectivity index is 2.38. The van der Waals surface area contributed by atoms with Gasteiger partial charge in [0.25, 0.3) is 0 Å². The van der Waals surface area contributed by atoms with Crippen LogP contribution in [0.3, 0.4) is 0 Å². The normalized spacial score (nSPS) is 12.4. The van der Waals surface area contributed by atoms with Crippen LogP contribution >= 0.6 is 15.9 Å². The van der Waals surface area contributed by atoms with Crippen molar-refractivity contribution in [3.63, 3.8) is 0 Å². The second-order valence-corrected chi connectivity index (χ2v) is 4.98. The number of hydrogen-bond acceptors (Lipinski definition) is 3. The van der Waals surface area contributed by atoms with Crippen molar-refractivity contribution in [2.24, 2.45) is 0 Å². The number of aryl methyl sites for hydroxylation is 1. The molecule has 1 aromatic heterocycles. The highest BCUT2D eigenvalue weighted by atomic mass is 79.9. The fourth-order valence-corrected chi connectivity index (χ4v) is 2.24. The van der Waals surface area contributed by atoms with Crippen LogP contribution in [-0.4, -0.2) is 16.5 Å². The lowest BCUT2D eigenvalue weighted by Gasteiger charge is -2.18. The summed E-state index contributed by atoms with van der Waals surface area (Å²) >= 11 is 3.57. The molecule has 1 aromatic carbocycles.